The van der Waals surface area contributed by atoms with Gasteiger partial charge in [0.2, 0.25) is 11.8 Å². The Labute approximate surface area is 175 Å². The minimum Gasteiger partial charge on any atom is -0.356 e. The van der Waals surface area contributed by atoms with Gasteiger partial charge in [-0.1, -0.05) is 39.0 Å². The SMILES string of the molecule is CCCN(CC(=O)Nc1nc(CC(=O)NCC(C)C)cs1)C(=O)c1ccccc1. The Morgan fingerprint density at radius 3 is 2.52 bits per heavy atom. The molecule has 2 rings (SSSR count). The van der Waals surface area contributed by atoms with Crippen LogP contribution in [0.5, 0.6) is 0 Å². The van der Waals surface area contributed by atoms with Gasteiger partial charge in [0, 0.05) is 24.0 Å². The van der Waals surface area contributed by atoms with Crippen molar-refractivity contribution in [2.45, 2.75) is 33.6 Å². The molecule has 7 nitrogen and oxygen atoms in total. The van der Waals surface area contributed by atoms with Crippen LogP contribution < -0.4 is 10.6 Å². The number of hydrogen-bond acceptors (Lipinski definition) is 5. The number of rotatable bonds is 10. The van der Waals surface area contributed by atoms with Crippen LogP contribution in [-0.2, 0) is 16.0 Å². The van der Waals surface area contributed by atoms with Crippen molar-refractivity contribution in [3.8, 4) is 0 Å². The summed E-state index contributed by atoms with van der Waals surface area (Å²) in [5.74, 6) is -0.199. The van der Waals surface area contributed by atoms with E-state index in [0.717, 1.165) is 6.42 Å². The van der Waals surface area contributed by atoms with Crippen LogP contribution in [0.3, 0.4) is 0 Å². The third-order valence-electron chi connectivity index (χ3n) is 3.98. The number of thiazole rings is 1. The summed E-state index contributed by atoms with van der Waals surface area (Å²) in [6, 6.07) is 8.91. The highest BCUT2D eigenvalue weighted by Crippen LogP contribution is 2.16. The van der Waals surface area contributed by atoms with E-state index in [1.54, 1.807) is 29.6 Å². The van der Waals surface area contributed by atoms with E-state index in [4.69, 9.17) is 0 Å². The molecule has 0 saturated heterocycles. The highest BCUT2D eigenvalue weighted by Gasteiger charge is 2.19. The molecule has 156 valence electrons. The smallest absolute Gasteiger partial charge is 0.254 e. The lowest BCUT2D eigenvalue weighted by molar-refractivity contribution is -0.120. The normalized spacial score (nSPS) is 10.6. The first-order chi connectivity index (χ1) is 13.9. The van der Waals surface area contributed by atoms with E-state index >= 15 is 0 Å². The fraction of sp³-hybridized carbons (Fsp3) is 0.429. The molecule has 0 aliphatic carbocycles. The lowest BCUT2D eigenvalue weighted by atomic mass is 10.2. The molecule has 0 fully saturated rings. The molecule has 1 aromatic carbocycles. The average Bonchev–Trinajstić information content (AvgIpc) is 3.12. The van der Waals surface area contributed by atoms with Crippen LogP contribution in [0.2, 0.25) is 0 Å². The van der Waals surface area contributed by atoms with Crippen LogP contribution in [0.1, 0.15) is 43.2 Å². The van der Waals surface area contributed by atoms with Crippen molar-refractivity contribution in [1.82, 2.24) is 15.2 Å². The number of nitrogens with zero attached hydrogens (tertiary/aromatic N) is 2. The van der Waals surface area contributed by atoms with E-state index in [2.05, 4.69) is 15.6 Å². The topological polar surface area (TPSA) is 91.4 Å². The molecule has 1 heterocycles. The van der Waals surface area contributed by atoms with Crippen LogP contribution in [0.4, 0.5) is 5.13 Å². The van der Waals surface area contributed by atoms with Gasteiger partial charge >= 0.3 is 0 Å². The maximum atomic E-state index is 12.6. The van der Waals surface area contributed by atoms with Crippen LogP contribution in [0, 0.1) is 5.92 Å². The van der Waals surface area contributed by atoms with Gasteiger partial charge in [0.05, 0.1) is 12.1 Å². The van der Waals surface area contributed by atoms with Gasteiger partial charge in [0.15, 0.2) is 5.13 Å². The average molecular weight is 417 g/mol. The lowest BCUT2D eigenvalue weighted by Crippen LogP contribution is -2.38. The molecule has 0 spiro atoms. The number of aromatic nitrogens is 1. The van der Waals surface area contributed by atoms with Crippen molar-refractivity contribution in [2.75, 3.05) is 25.0 Å². The molecule has 0 aliphatic heterocycles. The third-order valence-corrected chi connectivity index (χ3v) is 4.79. The standard InChI is InChI=1S/C21H28N4O3S/c1-4-10-25(20(28)16-8-6-5-7-9-16)13-19(27)24-21-23-17(14-29-21)11-18(26)22-12-15(2)3/h5-9,14-15H,4,10-13H2,1-3H3,(H,22,26)(H,23,24,27). The Balaban J connectivity index is 1.91. The van der Waals surface area contributed by atoms with Gasteiger partial charge in [-0.2, -0.15) is 0 Å². The fourth-order valence-corrected chi connectivity index (χ4v) is 3.33. The Hall–Kier alpha value is -2.74. The van der Waals surface area contributed by atoms with Gasteiger partial charge in [-0.25, -0.2) is 4.98 Å². The summed E-state index contributed by atoms with van der Waals surface area (Å²) in [5.41, 5.74) is 1.16. The molecule has 0 bridgehead atoms. The van der Waals surface area contributed by atoms with Gasteiger partial charge in [-0.15, -0.1) is 11.3 Å². The predicted molar refractivity (Wildman–Crippen MR) is 115 cm³/mol. The van der Waals surface area contributed by atoms with E-state index in [1.807, 2.05) is 26.8 Å². The van der Waals surface area contributed by atoms with E-state index in [1.165, 1.54) is 16.2 Å². The number of hydrogen-bond donors (Lipinski definition) is 2. The Morgan fingerprint density at radius 2 is 1.86 bits per heavy atom. The van der Waals surface area contributed by atoms with Crippen molar-refractivity contribution in [3.63, 3.8) is 0 Å². The van der Waals surface area contributed by atoms with Crippen LogP contribution in [0.15, 0.2) is 35.7 Å². The van der Waals surface area contributed by atoms with Crippen LogP contribution in [0.25, 0.3) is 0 Å². The summed E-state index contributed by atoms with van der Waals surface area (Å²) >= 11 is 1.26. The molecular formula is C21H28N4O3S. The molecule has 8 heteroatoms. The van der Waals surface area contributed by atoms with E-state index < -0.39 is 0 Å². The molecular weight excluding hydrogens is 388 g/mol. The minimum atomic E-state index is -0.312. The molecule has 0 aliphatic rings. The molecule has 29 heavy (non-hydrogen) atoms. The van der Waals surface area contributed by atoms with Crippen LogP contribution >= 0.6 is 11.3 Å². The molecule has 0 unspecified atom stereocenters. The first-order valence-corrected chi connectivity index (χ1v) is 10.6. The van der Waals surface area contributed by atoms with E-state index in [9.17, 15) is 14.4 Å². The first kappa shape index (κ1) is 22.5. The summed E-state index contributed by atoms with van der Waals surface area (Å²) < 4.78 is 0. The number of benzene rings is 1. The van der Waals surface area contributed by atoms with Gasteiger partial charge in [0.25, 0.3) is 5.91 Å². The van der Waals surface area contributed by atoms with Crippen molar-refractivity contribution in [2.24, 2.45) is 5.92 Å². The third kappa shape index (κ3) is 7.65. The molecule has 2 aromatic rings. The minimum absolute atomic E-state index is 0.0502. The maximum absolute atomic E-state index is 12.6. The molecule has 1 aromatic heterocycles. The summed E-state index contributed by atoms with van der Waals surface area (Å²) in [5, 5.41) is 7.74. The fourth-order valence-electron chi connectivity index (χ4n) is 2.61. The quantitative estimate of drug-likeness (QED) is 0.623. The second kappa shape index (κ2) is 11.3. The second-order valence-electron chi connectivity index (χ2n) is 7.16. The van der Waals surface area contributed by atoms with Crippen molar-refractivity contribution >= 4 is 34.2 Å². The summed E-state index contributed by atoms with van der Waals surface area (Å²) in [6.45, 7) is 7.07. The zero-order valence-electron chi connectivity index (χ0n) is 17.1. The Morgan fingerprint density at radius 1 is 1.14 bits per heavy atom. The van der Waals surface area contributed by atoms with E-state index in [0.29, 0.717) is 35.4 Å². The number of nitrogens with one attached hydrogen (secondary N) is 2. The van der Waals surface area contributed by atoms with Gasteiger partial charge < -0.3 is 15.5 Å². The Bertz CT molecular complexity index is 820. The maximum Gasteiger partial charge on any atom is 0.254 e. The molecule has 3 amide bonds. The van der Waals surface area contributed by atoms with Crippen LogP contribution in [-0.4, -0.2) is 47.2 Å². The van der Waals surface area contributed by atoms with Crippen molar-refractivity contribution < 1.29 is 14.4 Å². The highest BCUT2D eigenvalue weighted by atomic mass is 32.1. The van der Waals surface area contributed by atoms with Crippen molar-refractivity contribution in [3.05, 3.63) is 47.0 Å². The number of carbonyl (C=O) groups is 3. The summed E-state index contributed by atoms with van der Waals surface area (Å²) in [6.07, 6.45) is 0.923. The Kier molecular flexibility index (Phi) is 8.79. The van der Waals surface area contributed by atoms with Gasteiger partial charge in [-0.05, 0) is 24.5 Å². The number of anilines is 1. The second-order valence-corrected chi connectivity index (χ2v) is 8.02. The first-order valence-electron chi connectivity index (χ1n) is 9.74. The van der Waals surface area contributed by atoms with E-state index in [-0.39, 0.29) is 30.7 Å². The highest BCUT2D eigenvalue weighted by molar-refractivity contribution is 7.13. The summed E-state index contributed by atoms with van der Waals surface area (Å²) in [7, 11) is 0. The number of amides is 3. The molecule has 0 saturated carbocycles. The molecule has 0 radical (unpaired) electrons. The zero-order chi connectivity index (χ0) is 21.2. The zero-order valence-corrected chi connectivity index (χ0v) is 17.9. The van der Waals surface area contributed by atoms with Crippen molar-refractivity contribution in [1.29, 1.82) is 0 Å². The largest absolute Gasteiger partial charge is 0.356 e. The monoisotopic (exact) mass is 416 g/mol. The van der Waals surface area contributed by atoms with Gasteiger partial charge in [-0.3, -0.25) is 14.4 Å². The molecule has 2 N–H and O–H groups in total. The van der Waals surface area contributed by atoms with Gasteiger partial charge in [0.1, 0.15) is 6.54 Å². The molecule has 0 atom stereocenters. The lowest BCUT2D eigenvalue weighted by Gasteiger charge is -2.21. The summed E-state index contributed by atoms with van der Waals surface area (Å²) in [4.78, 5) is 42.8. The predicted octanol–water partition coefficient (Wildman–Crippen LogP) is 2.95. The number of carbonyl (C=O) groups excluding carboxylic acids is 3.